The van der Waals surface area contributed by atoms with Gasteiger partial charge in [0.1, 0.15) is 0 Å². The first-order valence-corrected chi connectivity index (χ1v) is 7.19. The molecule has 0 heterocycles. The minimum absolute atomic E-state index is 0.0235. The van der Waals surface area contributed by atoms with Crippen molar-refractivity contribution in [3.8, 4) is 0 Å². The minimum Gasteiger partial charge on any atom is -0.478 e. The van der Waals surface area contributed by atoms with Gasteiger partial charge in [-0.2, -0.15) is 0 Å². The van der Waals surface area contributed by atoms with E-state index in [1.807, 2.05) is 6.92 Å². The van der Waals surface area contributed by atoms with Gasteiger partial charge in [-0.15, -0.1) is 0 Å². The van der Waals surface area contributed by atoms with E-state index in [0.717, 1.165) is 6.42 Å². The second-order valence-electron chi connectivity index (χ2n) is 5.12. The van der Waals surface area contributed by atoms with Crippen molar-refractivity contribution in [1.82, 2.24) is 5.32 Å². The molecule has 110 valence electrons. The highest BCUT2D eigenvalue weighted by molar-refractivity contribution is 9.10. The van der Waals surface area contributed by atoms with Gasteiger partial charge in [-0.1, -0.05) is 29.8 Å². The molecule has 0 radical (unpaired) electrons. The molecule has 3 N–H and O–H groups in total. The van der Waals surface area contributed by atoms with E-state index in [4.69, 9.17) is 5.11 Å². The predicted octanol–water partition coefficient (Wildman–Crippen LogP) is 3.70. The van der Waals surface area contributed by atoms with E-state index < -0.39 is 12.0 Å². The maximum Gasteiger partial charge on any atom is 0.337 e. The van der Waals surface area contributed by atoms with E-state index in [-0.39, 0.29) is 17.3 Å². The van der Waals surface area contributed by atoms with Crippen molar-refractivity contribution in [3.05, 3.63) is 28.2 Å². The number of hydrogen-bond acceptors (Lipinski definition) is 2. The quantitative estimate of drug-likeness (QED) is 0.763. The van der Waals surface area contributed by atoms with Crippen LogP contribution in [0.25, 0.3) is 0 Å². The molecule has 0 aromatic heterocycles. The van der Waals surface area contributed by atoms with Crippen LogP contribution in [0.3, 0.4) is 0 Å². The maximum absolute atomic E-state index is 11.9. The van der Waals surface area contributed by atoms with Gasteiger partial charge in [0.15, 0.2) is 0 Å². The fraction of sp³-hybridized carbons (Fsp3) is 0.429. The molecule has 0 fully saturated rings. The number of halogens is 1. The van der Waals surface area contributed by atoms with E-state index in [9.17, 15) is 9.59 Å². The van der Waals surface area contributed by atoms with Gasteiger partial charge < -0.3 is 15.7 Å². The second-order valence-corrected chi connectivity index (χ2v) is 6.04. The summed E-state index contributed by atoms with van der Waals surface area (Å²) in [5, 5.41) is 14.4. The van der Waals surface area contributed by atoms with Gasteiger partial charge in [0.25, 0.3) is 0 Å². The average molecular weight is 343 g/mol. The van der Waals surface area contributed by atoms with Gasteiger partial charge in [0.05, 0.1) is 11.3 Å². The van der Waals surface area contributed by atoms with Gasteiger partial charge in [0, 0.05) is 10.5 Å². The normalized spacial score (nSPS) is 12.1. The third kappa shape index (κ3) is 5.21. The van der Waals surface area contributed by atoms with E-state index in [1.165, 1.54) is 6.07 Å². The lowest BCUT2D eigenvalue weighted by molar-refractivity contribution is 0.0698. The molecule has 0 saturated heterocycles. The number of carboxylic acids is 1. The molecule has 0 aliphatic rings. The summed E-state index contributed by atoms with van der Waals surface area (Å²) in [6.07, 6.45) is 0.859. The van der Waals surface area contributed by atoms with Gasteiger partial charge >= 0.3 is 12.0 Å². The molecule has 1 aromatic carbocycles. The van der Waals surface area contributed by atoms with Crippen molar-refractivity contribution < 1.29 is 14.7 Å². The molecule has 20 heavy (non-hydrogen) atoms. The second kappa shape index (κ2) is 7.28. The highest BCUT2D eigenvalue weighted by atomic mass is 79.9. The number of carbonyl (C=O) groups excluding carboxylic acids is 1. The van der Waals surface area contributed by atoms with Gasteiger partial charge in [-0.25, -0.2) is 9.59 Å². The summed E-state index contributed by atoms with van der Waals surface area (Å²) in [5.74, 6) is -0.603. The van der Waals surface area contributed by atoms with E-state index in [0.29, 0.717) is 10.4 Å². The molecule has 1 atom stereocenters. The summed E-state index contributed by atoms with van der Waals surface area (Å²) in [6.45, 7) is 6.07. The lowest BCUT2D eigenvalue weighted by Gasteiger charge is -2.17. The maximum atomic E-state index is 11.9. The van der Waals surface area contributed by atoms with Crippen LogP contribution in [0, 0.1) is 5.92 Å². The molecule has 1 aromatic rings. The van der Waals surface area contributed by atoms with Crippen LogP contribution in [0.4, 0.5) is 10.5 Å². The lowest BCUT2D eigenvalue weighted by Crippen LogP contribution is -2.37. The van der Waals surface area contributed by atoms with Crippen LogP contribution in [0.1, 0.15) is 37.6 Å². The van der Waals surface area contributed by atoms with Crippen LogP contribution in [0.2, 0.25) is 0 Å². The number of hydrogen-bond donors (Lipinski definition) is 3. The number of urea groups is 1. The molecule has 0 bridgehead atoms. The molecule has 5 nitrogen and oxygen atoms in total. The standard InChI is InChI=1S/C14H19BrN2O3/c1-8(2)6-9(3)16-14(20)17-12-7-10(15)4-5-11(12)13(18)19/h4-5,7-9H,6H2,1-3H3,(H,18,19)(H2,16,17,20). The van der Waals surface area contributed by atoms with E-state index in [2.05, 4.69) is 40.4 Å². The van der Waals surface area contributed by atoms with E-state index >= 15 is 0 Å². The Labute approximate surface area is 126 Å². The fourth-order valence-corrected chi connectivity index (χ4v) is 2.32. The topological polar surface area (TPSA) is 78.4 Å². The summed E-state index contributed by atoms with van der Waals surface area (Å²) in [7, 11) is 0. The minimum atomic E-state index is -1.08. The van der Waals surface area contributed by atoms with Crippen LogP contribution in [0.15, 0.2) is 22.7 Å². The SMILES string of the molecule is CC(C)CC(C)NC(=O)Nc1cc(Br)ccc1C(=O)O. The fourth-order valence-electron chi connectivity index (χ4n) is 1.95. The summed E-state index contributed by atoms with van der Waals surface area (Å²) in [5.41, 5.74) is 0.320. The van der Waals surface area contributed by atoms with Crippen molar-refractivity contribution in [2.24, 2.45) is 5.92 Å². The molecule has 0 spiro atoms. The number of nitrogens with one attached hydrogen (secondary N) is 2. The van der Waals surface area contributed by atoms with Crippen molar-refractivity contribution in [2.75, 3.05) is 5.32 Å². The smallest absolute Gasteiger partial charge is 0.337 e. The van der Waals surface area contributed by atoms with Crippen molar-refractivity contribution in [2.45, 2.75) is 33.2 Å². The third-order valence-corrected chi connectivity index (χ3v) is 3.16. The first-order valence-electron chi connectivity index (χ1n) is 6.40. The first-order chi connectivity index (χ1) is 9.29. The summed E-state index contributed by atoms with van der Waals surface area (Å²) < 4.78 is 0.702. The molecular weight excluding hydrogens is 324 g/mol. The highest BCUT2D eigenvalue weighted by Crippen LogP contribution is 2.21. The zero-order valence-corrected chi connectivity index (χ0v) is 13.3. The highest BCUT2D eigenvalue weighted by Gasteiger charge is 2.14. The Kier molecular flexibility index (Phi) is 6.01. The lowest BCUT2D eigenvalue weighted by atomic mass is 10.1. The monoisotopic (exact) mass is 342 g/mol. The number of amides is 2. The number of anilines is 1. The largest absolute Gasteiger partial charge is 0.478 e. The van der Waals surface area contributed by atoms with Gasteiger partial charge in [-0.3, -0.25) is 0 Å². The molecule has 0 aliphatic heterocycles. The Balaban J connectivity index is 2.75. The number of aromatic carboxylic acids is 1. The van der Waals surface area contributed by atoms with Crippen LogP contribution in [-0.4, -0.2) is 23.1 Å². The predicted molar refractivity (Wildman–Crippen MR) is 82.2 cm³/mol. The Morgan fingerprint density at radius 3 is 2.50 bits per heavy atom. The Bertz CT molecular complexity index is 503. The third-order valence-electron chi connectivity index (χ3n) is 2.66. The van der Waals surface area contributed by atoms with Crippen molar-refractivity contribution >= 4 is 33.6 Å². The molecule has 1 unspecified atom stereocenters. The summed E-state index contributed by atoms with van der Waals surface area (Å²) >= 11 is 3.25. The van der Waals surface area contributed by atoms with E-state index in [1.54, 1.807) is 12.1 Å². The number of benzene rings is 1. The van der Waals surface area contributed by atoms with Gasteiger partial charge in [0.2, 0.25) is 0 Å². The van der Waals surface area contributed by atoms with Crippen molar-refractivity contribution in [1.29, 1.82) is 0 Å². The first kappa shape index (κ1) is 16.5. The summed E-state index contributed by atoms with van der Waals surface area (Å²) in [4.78, 5) is 23.0. The molecule has 0 aliphatic carbocycles. The zero-order valence-electron chi connectivity index (χ0n) is 11.7. The number of carbonyl (C=O) groups is 2. The molecule has 6 heteroatoms. The van der Waals surface area contributed by atoms with Crippen LogP contribution in [0.5, 0.6) is 0 Å². The van der Waals surface area contributed by atoms with Crippen LogP contribution in [-0.2, 0) is 0 Å². The summed E-state index contributed by atoms with van der Waals surface area (Å²) in [6, 6.07) is 4.25. The van der Waals surface area contributed by atoms with Crippen LogP contribution < -0.4 is 10.6 Å². The number of rotatable bonds is 5. The molecule has 2 amide bonds. The Morgan fingerprint density at radius 2 is 1.95 bits per heavy atom. The Hall–Kier alpha value is -1.56. The van der Waals surface area contributed by atoms with Crippen molar-refractivity contribution in [3.63, 3.8) is 0 Å². The van der Waals surface area contributed by atoms with Crippen LogP contribution >= 0.6 is 15.9 Å². The molecular formula is C14H19BrN2O3. The molecule has 1 rings (SSSR count). The molecule has 0 saturated carbocycles. The average Bonchev–Trinajstić information content (AvgIpc) is 2.26. The van der Waals surface area contributed by atoms with Gasteiger partial charge in [-0.05, 0) is 37.5 Å². The number of carboxylic acid groups (broad SMARTS) is 1. The Morgan fingerprint density at radius 1 is 1.30 bits per heavy atom. The zero-order chi connectivity index (χ0) is 15.3.